The van der Waals surface area contributed by atoms with Crippen molar-refractivity contribution in [3.05, 3.63) is 24.5 Å². The number of fused-ring (bicyclic) bond motifs is 1. The Hall–Kier alpha value is -1.60. The van der Waals surface area contributed by atoms with Gasteiger partial charge in [-0.1, -0.05) is 0 Å². The molecule has 0 spiro atoms. The lowest BCUT2D eigenvalue weighted by atomic mass is 10.3. The van der Waals surface area contributed by atoms with E-state index in [0.717, 1.165) is 9.82 Å². The molecule has 1 aromatic carbocycles. The standard InChI is InChI=1S/C10H13N3O3S/c1-12(2)17(14,15)16-8-4-5-10-9(6-8)11-7-13(10)3/h4-7H,1-3H3. The van der Waals surface area contributed by atoms with E-state index in [9.17, 15) is 8.42 Å². The minimum Gasteiger partial charge on any atom is -0.371 e. The molecule has 0 aliphatic rings. The third-order valence-corrected chi connectivity index (χ3v) is 3.64. The zero-order valence-corrected chi connectivity index (χ0v) is 10.6. The smallest absolute Gasteiger partial charge is 0.371 e. The van der Waals surface area contributed by atoms with E-state index in [1.54, 1.807) is 24.5 Å². The maximum atomic E-state index is 11.5. The molecule has 92 valence electrons. The molecule has 0 amide bonds. The summed E-state index contributed by atoms with van der Waals surface area (Å²) in [6, 6.07) is 4.96. The molecule has 0 unspecified atom stereocenters. The van der Waals surface area contributed by atoms with Gasteiger partial charge in [-0.05, 0) is 12.1 Å². The highest BCUT2D eigenvalue weighted by Crippen LogP contribution is 2.20. The van der Waals surface area contributed by atoms with Gasteiger partial charge in [0.2, 0.25) is 0 Å². The largest absolute Gasteiger partial charge is 0.384 e. The topological polar surface area (TPSA) is 64.4 Å². The van der Waals surface area contributed by atoms with Crippen LogP contribution in [0.3, 0.4) is 0 Å². The van der Waals surface area contributed by atoms with Gasteiger partial charge >= 0.3 is 10.3 Å². The molecule has 0 N–H and O–H groups in total. The first-order valence-corrected chi connectivity index (χ1v) is 6.30. The lowest BCUT2D eigenvalue weighted by molar-refractivity contribution is 0.421. The number of aromatic nitrogens is 2. The van der Waals surface area contributed by atoms with Gasteiger partial charge in [0.25, 0.3) is 0 Å². The van der Waals surface area contributed by atoms with Crippen molar-refractivity contribution in [2.24, 2.45) is 7.05 Å². The van der Waals surface area contributed by atoms with E-state index < -0.39 is 10.3 Å². The Morgan fingerprint density at radius 1 is 1.35 bits per heavy atom. The Morgan fingerprint density at radius 3 is 2.71 bits per heavy atom. The second-order valence-electron chi connectivity index (χ2n) is 3.83. The minimum atomic E-state index is -3.71. The van der Waals surface area contributed by atoms with E-state index in [4.69, 9.17) is 4.18 Å². The Balaban J connectivity index is 2.38. The molecular weight excluding hydrogens is 242 g/mol. The molecule has 17 heavy (non-hydrogen) atoms. The van der Waals surface area contributed by atoms with Crippen LogP contribution in [0.15, 0.2) is 24.5 Å². The SMILES string of the molecule is CN(C)S(=O)(=O)Oc1ccc2c(c1)ncn2C. The van der Waals surface area contributed by atoms with Crippen molar-refractivity contribution in [1.29, 1.82) is 0 Å². The summed E-state index contributed by atoms with van der Waals surface area (Å²) < 4.78 is 30.8. The Kier molecular flexibility index (Phi) is 2.80. The van der Waals surface area contributed by atoms with E-state index in [1.807, 2.05) is 11.6 Å². The van der Waals surface area contributed by atoms with Crippen molar-refractivity contribution in [3.63, 3.8) is 0 Å². The van der Waals surface area contributed by atoms with Crippen LogP contribution in [-0.2, 0) is 17.4 Å². The molecule has 0 atom stereocenters. The van der Waals surface area contributed by atoms with Gasteiger partial charge in [0.1, 0.15) is 5.75 Å². The summed E-state index contributed by atoms with van der Waals surface area (Å²) in [6.45, 7) is 0. The highest BCUT2D eigenvalue weighted by molar-refractivity contribution is 7.84. The molecule has 0 saturated heterocycles. The van der Waals surface area contributed by atoms with Gasteiger partial charge < -0.3 is 8.75 Å². The first kappa shape index (κ1) is 11.9. The van der Waals surface area contributed by atoms with Gasteiger partial charge in [-0.2, -0.15) is 12.7 Å². The monoisotopic (exact) mass is 255 g/mol. The summed E-state index contributed by atoms with van der Waals surface area (Å²) in [7, 11) is 0.976. The van der Waals surface area contributed by atoms with Crippen molar-refractivity contribution in [2.75, 3.05) is 14.1 Å². The van der Waals surface area contributed by atoms with Gasteiger partial charge in [-0.15, -0.1) is 0 Å². The molecule has 0 aliphatic heterocycles. The quantitative estimate of drug-likeness (QED) is 0.812. The van der Waals surface area contributed by atoms with Crippen LogP contribution < -0.4 is 4.18 Å². The molecule has 0 bridgehead atoms. The van der Waals surface area contributed by atoms with Gasteiger partial charge in [0.05, 0.1) is 17.4 Å². The fourth-order valence-corrected chi connectivity index (χ4v) is 1.86. The number of hydrogen-bond donors (Lipinski definition) is 0. The second kappa shape index (κ2) is 4.01. The number of nitrogens with zero attached hydrogens (tertiary/aromatic N) is 3. The van der Waals surface area contributed by atoms with Gasteiger partial charge in [-0.25, -0.2) is 4.98 Å². The minimum absolute atomic E-state index is 0.255. The van der Waals surface area contributed by atoms with Crippen molar-refractivity contribution in [2.45, 2.75) is 0 Å². The zero-order valence-electron chi connectivity index (χ0n) is 9.78. The highest BCUT2D eigenvalue weighted by Gasteiger charge is 2.16. The van der Waals surface area contributed by atoms with Crippen LogP contribution in [0.2, 0.25) is 0 Å². The number of hydrogen-bond acceptors (Lipinski definition) is 4. The Morgan fingerprint density at radius 2 is 2.06 bits per heavy atom. The number of benzene rings is 1. The molecule has 0 fully saturated rings. The molecule has 6 nitrogen and oxygen atoms in total. The van der Waals surface area contributed by atoms with Gasteiger partial charge in [0.15, 0.2) is 0 Å². The van der Waals surface area contributed by atoms with E-state index in [1.165, 1.54) is 14.1 Å². The summed E-state index contributed by atoms with van der Waals surface area (Å²) in [5.41, 5.74) is 1.61. The highest BCUT2D eigenvalue weighted by atomic mass is 32.2. The van der Waals surface area contributed by atoms with Crippen molar-refractivity contribution >= 4 is 21.3 Å². The second-order valence-corrected chi connectivity index (χ2v) is 5.58. The van der Waals surface area contributed by atoms with E-state index in [0.29, 0.717) is 5.52 Å². The predicted molar refractivity (Wildman–Crippen MR) is 63.9 cm³/mol. The van der Waals surface area contributed by atoms with E-state index in [2.05, 4.69) is 4.98 Å². The van der Waals surface area contributed by atoms with Crippen LogP contribution in [0.25, 0.3) is 11.0 Å². The summed E-state index contributed by atoms with van der Waals surface area (Å²) in [6.07, 6.45) is 1.66. The van der Waals surface area contributed by atoms with Gasteiger partial charge in [-0.3, -0.25) is 0 Å². The first-order chi connectivity index (χ1) is 7.90. The number of imidazole rings is 1. The number of aryl methyl sites for hydroxylation is 1. The van der Waals surface area contributed by atoms with Crippen molar-refractivity contribution in [1.82, 2.24) is 13.9 Å². The predicted octanol–water partition coefficient (Wildman–Crippen LogP) is 0.759. The van der Waals surface area contributed by atoms with Crippen LogP contribution in [0.1, 0.15) is 0 Å². The summed E-state index contributed by atoms with van der Waals surface area (Å²) in [5.74, 6) is 0.255. The van der Waals surface area contributed by atoms with Gasteiger partial charge in [0, 0.05) is 27.2 Å². The lowest BCUT2D eigenvalue weighted by Gasteiger charge is -2.11. The molecule has 1 aromatic heterocycles. The van der Waals surface area contributed by atoms with Crippen LogP contribution in [-0.4, -0.2) is 36.4 Å². The molecular formula is C10H13N3O3S. The van der Waals surface area contributed by atoms with Crippen LogP contribution in [0.4, 0.5) is 0 Å². The van der Waals surface area contributed by atoms with E-state index in [-0.39, 0.29) is 5.75 Å². The third kappa shape index (κ3) is 2.25. The van der Waals surface area contributed by atoms with Crippen LogP contribution in [0, 0.1) is 0 Å². The summed E-state index contributed by atoms with van der Waals surface area (Å²) in [4.78, 5) is 4.13. The molecule has 7 heteroatoms. The molecule has 0 radical (unpaired) electrons. The average Bonchev–Trinajstić information content (AvgIpc) is 2.59. The van der Waals surface area contributed by atoms with Crippen molar-refractivity contribution < 1.29 is 12.6 Å². The van der Waals surface area contributed by atoms with E-state index >= 15 is 0 Å². The summed E-state index contributed by atoms with van der Waals surface area (Å²) in [5, 5.41) is 0. The average molecular weight is 255 g/mol. The molecule has 0 aliphatic carbocycles. The van der Waals surface area contributed by atoms with Crippen LogP contribution >= 0.6 is 0 Å². The normalized spacial score (nSPS) is 12.2. The summed E-state index contributed by atoms with van der Waals surface area (Å²) >= 11 is 0. The maximum absolute atomic E-state index is 11.5. The lowest BCUT2D eigenvalue weighted by Crippen LogP contribution is -2.26. The molecule has 0 saturated carbocycles. The first-order valence-electron chi connectivity index (χ1n) is 4.93. The third-order valence-electron chi connectivity index (χ3n) is 2.35. The van der Waals surface area contributed by atoms with Crippen LogP contribution in [0.5, 0.6) is 5.75 Å². The maximum Gasteiger partial charge on any atom is 0.384 e. The zero-order chi connectivity index (χ0) is 12.6. The fourth-order valence-electron chi connectivity index (χ4n) is 1.36. The molecule has 2 rings (SSSR count). The Labute approximate surface area is 99.7 Å². The molecule has 2 aromatic rings. The molecule has 1 heterocycles. The number of rotatable bonds is 3. The Bertz CT molecular complexity index is 646. The fraction of sp³-hybridized carbons (Fsp3) is 0.300. The van der Waals surface area contributed by atoms with Crippen molar-refractivity contribution in [3.8, 4) is 5.75 Å².